The molecule has 1 atom stereocenters. The highest BCUT2D eigenvalue weighted by Gasteiger charge is 2.18. The van der Waals surface area contributed by atoms with Gasteiger partial charge < -0.3 is 10.1 Å². The van der Waals surface area contributed by atoms with Gasteiger partial charge in [0.1, 0.15) is 11.9 Å². The average Bonchev–Trinajstić information content (AvgIpc) is 2.73. The molecule has 1 aromatic carbocycles. The lowest BCUT2D eigenvalue weighted by Gasteiger charge is -2.18. The predicted molar refractivity (Wildman–Crippen MR) is 67.4 cm³/mol. The average molecular weight is 240 g/mol. The SMILES string of the molecule is CC(C)c1cc(Cl)ccc1OC1CCNC1. The van der Waals surface area contributed by atoms with Crippen LogP contribution in [-0.4, -0.2) is 19.2 Å². The van der Waals surface area contributed by atoms with E-state index >= 15 is 0 Å². The second-order valence-electron chi connectivity index (χ2n) is 4.57. The second kappa shape index (κ2) is 5.07. The van der Waals surface area contributed by atoms with E-state index in [9.17, 15) is 0 Å². The van der Waals surface area contributed by atoms with E-state index in [0.717, 1.165) is 30.3 Å². The second-order valence-corrected chi connectivity index (χ2v) is 5.01. The molecule has 0 aromatic heterocycles. The van der Waals surface area contributed by atoms with Crippen molar-refractivity contribution in [1.82, 2.24) is 5.32 Å². The van der Waals surface area contributed by atoms with Gasteiger partial charge in [-0.25, -0.2) is 0 Å². The van der Waals surface area contributed by atoms with Gasteiger partial charge in [-0.1, -0.05) is 25.4 Å². The summed E-state index contributed by atoms with van der Waals surface area (Å²) < 4.78 is 6.00. The number of hydrogen-bond acceptors (Lipinski definition) is 2. The zero-order valence-electron chi connectivity index (χ0n) is 9.79. The Kier molecular flexibility index (Phi) is 3.72. The van der Waals surface area contributed by atoms with E-state index in [1.54, 1.807) is 0 Å². The third kappa shape index (κ3) is 2.69. The van der Waals surface area contributed by atoms with Crippen molar-refractivity contribution in [1.29, 1.82) is 0 Å². The van der Waals surface area contributed by atoms with Crippen molar-refractivity contribution in [2.24, 2.45) is 0 Å². The van der Waals surface area contributed by atoms with E-state index in [0.29, 0.717) is 12.0 Å². The Morgan fingerprint density at radius 1 is 1.44 bits per heavy atom. The van der Waals surface area contributed by atoms with Gasteiger partial charge in [0.2, 0.25) is 0 Å². The summed E-state index contributed by atoms with van der Waals surface area (Å²) in [5.41, 5.74) is 1.19. The predicted octanol–water partition coefficient (Wildman–Crippen LogP) is 3.20. The van der Waals surface area contributed by atoms with Gasteiger partial charge in [-0.05, 0) is 42.6 Å². The molecule has 1 N–H and O–H groups in total. The maximum atomic E-state index is 6.01. The third-order valence-corrected chi connectivity index (χ3v) is 3.14. The molecule has 3 heteroatoms. The van der Waals surface area contributed by atoms with Crippen LogP contribution < -0.4 is 10.1 Å². The summed E-state index contributed by atoms with van der Waals surface area (Å²) in [5.74, 6) is 1.41. The summed E-state index contributed by atoms with van der Waals surface area (Å²) in [6, 6.07) is 5.88. The molecule has 1 saturated heterocycles. The summed E-state index contributed by atoms with van der Waals surface area (Å²) in [6.45, 7) is 6.31. The Bertz CT molecular complexity index is 359. The molecule has 0 aliphatic carbocycles. The van der Waals surface area contributed by atoms with Crippen LogP contribution in [0.5, 0.6) is 5.75 Å². The van der Waals surface area contributed by atoms with Gasteiger partial charge in [-0.15, -0.1) is 0 Å². The van der Waals surface area contributed by atoms with E-state index in [1.807, 2.05) is 18.2 Å². The summed E-state index contributed by atoms with van der Waals surface area (Å²) in [7, 11) is 0. The molecule has 16 heavy (non-hydrogen) atoms. The lowest BCUT2D eigenvalue weighted by molar-refractivity contribution is 0.220. The summed E-state index contributed by atoms with van der Waals surface area (Å²) in [6.07, 6.45) is 1.39. The maximum Gasteiger partial charge on any atom is 0.123 e. The van der Waals surface area contributed by atoms with E-state index in [2.05, 4.69) is 19.2 Å². The van der Waals surface area contributed by atoms with Crippen molar-refractivity contribution in [3.8, 4) is 5.75 Å². The molecular weight excluding hydrogens is 222 g/mol. The Morgan fingerprint density at radius 3 is 2.88 bits per heavy atom. The van der Waals surface area contributed by atoms with Crippen LogP contribution in [0, 0.1) is 0 Å². The molecule has 1 heterocycles. The zero-order chi connectivity index (χ0) is 11.5. The normalized spacial score (nSPS) is 20.4. The van der Waals surface area contributed by atoms with Gasteiger partial charge in [0.05, 0.1) is 0 Å². The molecule has 1 aliphatic rings. The van der Waals surface area contributed by atoms with Crippen LogP contribution in [0.25, 0.3) is 0 Å². The molecule has 88 valence electrons. The molecule has 2 rings (SSSR count). The van der Waals surface area contributed by atoms with E-state index in [1.165, 1.54) is 5.56 Å². The fourth-order valence-electron chi connectivity index (χ4n) is 1.99. The van der Waals surface area contributed by atoms with Crippen molar-refractivity contribution in [3.05, 3.63) is 28.8 Å². The molecule has 1 fully saturated rings. The fraction of sp³-hybridized carbons (Fsp3) is 0.538. The van der Waals surface area contributed by atoms with Crippen LogP contribution in [0.3, 0.4) is 0 Å². The summed E-state index contributed by atoms with van der Waals surface area (Å²) in [4.78, 5) is 0. The van der Waals surface area contributed by atoms with Gasteiger partial charge in [0.15, 0.2) is 0 Å². The summed E-state index contributed by atoms with van der Waals surface area (Å²) in [5, 5.41) is 4.08. The monoisotopic (exact) mass is 239 g/mol. The zero-order valence-corrected chi connectivity index (χ0v) is 10.6. The lowest BCUT2D eigenvalue weighted by Crippen LogP contribution is -2.20. The number of ether oxygens (including phenoxy) is 1. The van der Waals surface area contributed by atoms with Crippen molar-refractivity contribution < 1.29 is 4.74 Å². The fourth-order valence-corrected chi connectivity index (χ4v) is 2.17. The smallest absolute Gasteiger partial charge is 0.123 e. The van der Waals surface area contributed by atoms with E-state index in [-0.39, 0.29) is 0 Å². The van der Waals surface area contributed by atoms with Crippen LogP contribution in [0.4, 0.5) is 0 Å². The molecule has 0 saturated carbocycles. The van der Waals surface area contributed by atoms with Crippen molar-refractivity contribution in [3.63, 3.8) is 0 Å². The highest BCUT2D eigenvalue weighted by atomic mass is 35.5. The Hall–Kier alpha value is -0.730. The lowest BCUT2D eigenvalue weighted by atomic mass is 10.0. The Morgan fingerprint density at radius 2 is 2.25 bits per heavy atom. The molecule has 1 aromatic rings. The molecular formula is C13H18ClNO. The van der Waals surface area contributed by atoms with Gasteiger partial charge >= 0.3 is 0 Å². The number of halogens is 1. The highest BCUT2D eigenvalue weighted by Crippen LogP contribution is 2.30. The molecule has 0 spiro atoms. The minimum absolute atomic E-state index is 0.304. The van der Waals surface area contributed by atoms with Gasteiger partial charge in [-0.2, -0.15) is 0 Å². The molecule has 0 bridgehead atoms. The largest absolute Gasteiger partial charge is 0.489 e. The first kappa shape index (κ1) is 11.7. The van der Waals surface area contributed by atoms with Crippen molar-refractivity contribution in [2.75, 3.05) is 13.1 Å². The number of benzene rings is 1. The number of rotatable bonds is 3. The third-order valence-electron chi connectivity index (χ3n) is 2.90. The first-order valence-electron chi connectivity index (χ1n) is 5.83. The highest BCUT2D eigenvalue weighted by molar-refractivity contribution is 6.30. The Labute approximate surface area is 102 Å². The van der Waals surface area contributed by atoms with Crippen LogP contribution in [0.15, 0.2) is 18.2 Å². The quantitative estimate of drug-likeness (QED) is 0.875. The van der Waals surface area contributed by atoms with Gasteiger partial charge in [0.25, 0.3) is 0 Å². The molecule has 1 aliphatic heterocycles. The number of hydrogen-bond donors (Lipinski definition) is 1. The molecule has 2 nitrogen and oxygen atoms in total. The van der Waals surface area contributed by atoms with Crippen molar-refractivity contribution >= 4 is 11.6 Å². The van der Waals surface area contributed by atoms with Crippen LogP contribution in [0.2, 0.25) is 5.02 Å². The molecule has 0 amide bonds. The van der Waals surface area contributed by atoms with Crippen LogP contribution in [0.1, 0.15) is 31.7 Å². The Balaban J connectivity index is 2.18. The van der Waals surface area contributed by atoms with E-state index < -0.39 is 0 Å². The van der Waals surface area contributed by atoms with E-state index in [4.69, 9.17) is 16.3 Å². The van der Waals surface area contributed by atoms with Crippen LogP contribution in [-0.2, 0) is 0 Å². The number of nitrogens with one attached hydrogen (secondary N) is 1. The first-order valence-corrected chi connectivity index (χ1v) is 6.21. The van der Waals surface area contributed by atoms with Crippen LogP contribution >= 0.6 is 11.6 Å². The minimum atomic E-state index is 0.304. The van der Waals surface area contributed by atoms with Crippen molar-refractivity contribution in [2.45, 2.75) is 32.3 Å². The molecule has 0 radical (unpaired) electrons. The summed E-state index contributed by atoms with van der Waals surface area (Å²) >= 11 is 6.01. The molecule has 1 unspecified atom stereocenters. The minimum Gasteiger partial charge on any atom is -0.489 e. The first-order chi connectivity index (χ1) is 7.66. The topological polar surface area (TPSA) is 21.3 Å². The standard InChI is InChI=1S/C13H18ClNO/c1-9(2)12-7-10(14)3-4-13(12)16-11-5-6-15-8-11/h3-4,7,9,11,15H,5-6,8H2,1-2H3. The van der Waals surface area contributed by atoms with Gasteiger partial charge in [0, 0.05) is 11.6 Å². The maximum absolute atomic E-state index is 6.01. The van der Waals surface area contributed by atoms with Gasteiger partial charge in [-0.3, -0.25) is 0 Å².